The van der Waals surface area contributed by atoms with E-state index in [-0.39, 0.29) is 0 Å². The SMILES string of the molecule is c1ccc2cc(-n3c4ccccc4c4cc(-c5ccc6c(c5)c5ccccc5n6-c5cccc6sc7ccccc7c56)ccc43)ccc2c1. The van der Waals surface area contributed by atoms with Crippen LogP contribution in [0.15, 0.2) is 170 Å². The molecule has 0 aliphatic rings. The summed E-state index contributed by atoms with van der Waals surface area (Å²) in [6.07, 6.45) is 0. The molecule has 0 spiro atoms. The monoisotopic (exact) mass is 640 g/mol. The third kappa shape index (κ3) is 3.88. The van der Waals surface area contributed by atoms with E-state index in [1.807, 2.05) is 11.3 Å². The van der Waals surface area contributed by atoms with Gasteiger partial charge in [-0.25, -0.2) is 0 Å². The van der Waals surface area contributed by atoms with Crippen molar-refractivity contribution in [3.05, 3.63) is 170 Å². The third-order valence-corrected chi connectivity index (χ3v) is 11.4. The maximum absolute atomic E-state index is 2.47. The van der Waals surface area contributed by atoms with Crippen LogP contribution in [-0.4, -0.2) is 9.13 Å². The normalized spacial score (nSPS) is 12.1. The number of hydrogen-bond acceptors (Lipinski definition) is 1. The molecule has 2 nitrogen and oxygen atoms in total. The smallest absolute Gasteiger partial charge is 0.0555 e. The highest BCUT2D eigenvalue weighted by Crippen LogP contribution is 2.42. The van der Waals surface area contributed by atoms with Crippen LogP contribution in [0, 0.1) is 0 Å². The fourth-order valence-electron chi connectivity index (χ4n) is 8.10. The molecule has 0 unspecified atom stereocenters. The van der Waals surface area contributed by atoms with Gasteiger partial charge in [-0.2, -0.15) is 0 Å². The van der Waals surface area contributed by atoms with Gasteiger partial charge in [0.25, 0.3) is 0 Å². The topological polar surface area (TPSA) is 9.86 Å². The van der Waals surface area contributed by atoms with Crippen molar-refractivity contribution < 1.29 is 0 Å². The Bertz CT molecular complexity index is 3120. The van der Waals surface area contributed by atoms with Gasteiger partial charge in [0.1, 0.15) is 0 Å². The minimum atomic E-state index is 1.18. The summed E-state index contributed by atoms with van der Waals surface area (Å²) in [5, 5.41) is 10.2. The lowest BCUT2D eigenvalue weighted by molar-refractivity contribution is 1.19. The van der Waals surface area contributed by atoms with Crippen molar-refractivity contribution in [2.24, 2.45) is 0 Å². The van der Waals surface area contributed by atoms with Gasteiger partial charge in [-0.3, -0.25) is 0 Å². The first-order valence-corrected chi connectivity index (χ1v) is 17.6. The maximum Gasteiger partial charge on any atom is 0.0555 e. The number of benzene rings is 8. The first-order valence-electron chi connectivity index (χ1n) is 16.8. The Kier molecular flexibility index (Phi) is 5.57. The van der Waals surface area contributed by atoms with E-state index in [0.717, 1.165) is 0 Å². The number of para-hydroxylation sites is 2. The Morgan fingerprint density at radius 2 is 0.918 bits per heavy atom. The Hall–Kier alpha value is -6.16. The van der Waals surface area contributed by atoms with E-state index in [1.54, 1.807) is 0 Å². The zero-order valence-corrected chi connectivity index (χ0v) is 27.3. The Morgan fingerprint density at radius 1 is 0.347 bits per heavy atom. The van der Waals surface area contributed by atoms with E-state index in [9.17, 15) is 0 Å². The summed E-state index contributed by atoms with van der Waals surface area (Å²) >= 11 is 1.87. The number of nitrogens with zero attached hydrogens (tertiary/aromatic N) is 2. The van der Waals surface area contributed by atoms with E-state index < -0.39 is 0 Å². The van der Waals surface area contributed by atoms with E-state index in [0.29, 0.717) is 0 Å². The van der Waals surface area contributed by atoms with Gasteiger partial charge >= 0.3 is 0 Å². The van der Waals surface area contributed by atoms with Crippen molar-refractivity contribution in [3.63, 3.8) is 0 Å². The molecule has 0 amide bonds. The lowest BCUT2D eigenvalue weighted by atomic mass is 10.0. The molecule has 0 saturated heterocycles. The summed E-state index contributed by atoms with van der Waals surface area (Å²) in [4.78, 5) is 0. The van der Waals surface area contributed by atoms with Crippen LogP contribution in [0.2, 0.25) is 0 Å². The molecule has 0 radical (unpaired) electrons. The molecule has 0 fully saturated rings. The van der Waals surface area contributed by atoms with Crippen molar-refractivity contribution in [2.45, 2.75) is 0 Å². The first-order chi connectivity index (χ1) is 24.3. The fourth-order valence-corrected chi connectivity index (χ4v) is 9.23. The zero-order valence-electron chi connectivity index (χ0n) is 26.5. The third-order valence-electron chi connectivity index (χ3n) is 10.3. The predicted molar refractivity (Wildman–Crippen MR) is 211 cm³/mol. The van der Waals surface area contributed by atoms with Crippen LogP contribution in [0.4, 0.5) is 0 Å². The minimum absolute atomic E-state index is 1.18. The lowest BCUT2D eigenvalue weighted by Gasteiger charge is -2.11. The summed E-state index contributed by atoms with van der Waals surface area (Å²) in [6, 6.07) is 62.5. The number of thiophene rings is 1. The fraction of sp³-hybridized carbons (Fsp3) is 0. The van der Waals surface area contributed by atoms with Crippen molar-refractivity contribution in [1.82, 2.24) is 9.13 Å². The van der Waals surface area contributed by atoms with Crippen LogP contribution >= 0.6 is 11.3 Å². The number of aromatic nitrogens is 2. The standard InChI is InChI=1S/C46H28N2S/c1-2-11-30-26-33(23-20-29(30)10-1)47-39-15-6-3-12-34(39)37-27-31(21-24-41(37)47)32-22-25-42-38(28-32)35-13-4-7-16-40(35)48(42)43-17-9-19-45-46(43)36-14-5-8-18-44(36)49-45/h1-28H. The van der Waals surface area contributed by atoms with Crippen molar-refractivity contribution >= 4 is 85.9 Å². The average Bonchev–Trinajstić information content (AvgIpc) is 3.82. The van der Waals surface area contributed by atoms with Crippen LogP contribution in [0.25, 0.3) is 97.1 Å². The molecule has 11 rings (SSSR count). The predicted octanol–water partition coefficient (Wildman–Crippen LogP) is 13.1. The highest BCUT2D eigenvalue weighted by Gasteiger charge is 2.18. The second-order valence-electron chi connectivity index (χ2n) is 12.9. The van der Waals surface area contributed by atoms with Crippen LogP contribution < -0.4 is 0 Å². The Labute approximate surface area is 286 Å². The van der Waals surface area contributed by atoms with Crippen molar-refractivity contribution in [3.8, 4) is 22.5 Å². The molecule has 49 heavy (non-hydrogen) atoms. The summed E-state index contributed by atoms with van der Waals surface area (Å²) in [5.74, 6) is 0. The highest BCUT2D eigenvalue weighted by atomic mass is 32.1. The van der Waals surface area contributed by atoms with Crippen LogP contribution in [0.3, 0.4) is 0 Å². The largest absolute Gasteiger partial charge is 0.309 e. The second kappa shape index (κ2) is 10.2. The summed E-state index contributed by atoms with van der Waals surface area (Å²) in [6.45, 7) is 0. The molecule has 3 heterocycles. The van der Waals surface area contributed by atoms with Gasteiger partial charge in [-0.15, -0.1) is 11.3 Å². The zero-order chi connectivity index (χ0) is 32.1. The minimum Gasteiger partial charge on any atom is -0.309 e. The van der Waals surface area contributed by atoms with E-state index >= 15 is 0 Å². The van der Waals surface area contributed by atoms with Gasteiger partial charge in [0.15, 0.2) is 0 Å². The molecule has 0 aliphatic carbocycles. The van der Waals surface area contributed by atoms with Gasteiger partial charge in [-0.05, 0) is 88.6 Å². The Balaban J connectivity index is 1.12. The van der Waals surface area contributed by atoms with Crippen LogP contribution in [-0.2, 0) is 0 Å². The van der Waals surface area contributed by atoms with Gasteiger partial charge < -0.3 is 9.13 Å². The highest BCUT2D eigenvalue weighted by molar-refractivity contribution is 7.25. The molecule has 0 aliphatic heterocycles. The molecule has 8 aromatic carbocycles. The Morgan fingerprint density at radius 3 is 1.67 bits per heavy atom. The first kappa shape index (κ1) is 26.9. The molecule has 0 bridgehead atoms. The van der Waals surface area contributed by atoms with Gasteiger partial charge in [-0.1, -0.05) is 103 Å². The van der Waals surface area contributed by atoms with Crippen LogP contribution in [0.1, 0.15) is 0 Å². The lowest BCUT2D eigenvalue weighted by Crippen LogP contribution is -1.94. The summed E-state index contributed by atoms with van der Waals surface area (Å²) < 4.78 is 7.52. The van der Waals surface area contributed by atoms with Crippen molar-refractivity contribution in [1.29, 1.82) is 0 Å². The van der Waals surface area contributed by atoms with Crippen molar-refractivity contribution in [2.75, 3.05) is 0 Å². The molecule has 0 atom stereocenters. The molecule has 0 saturated carbocycles. The van der Waals surface area contributed by atoms with Gasteiger partial charge in [0.2, 0.25) is 0 Å². The second-order valence-corrected chi connectivity index (χ2v) is 14.0. The number of fused-ring (bicyclic) bond motifs is 10. The van der Waals surface area contributed by atoms with E-state index in [4.69, 9.17) is 0 Å². The molecular formula is C46H28N2S. The molecular weight excluding hydrogens is 613 g/mol. The maximum atomic E-state index is 2.47. The average molecular weight is 641 g/mol. The van der Waals surface area contributed by atoms with E-state index in [1.165, 1.54) is 97.1 Å². The van der Waals surface area contributed by atoms with E-state index in [2.05, 4.69) is 179 Å². The molecule has 11 aromatic rings. The summed E-state index contributed by atoms with van der Waals surface area (Å²) in [5.41, 5.74) is 9.75. The molecule has 3 aromatic heterocycles. The summed E-state index contributed by atoms with van der Waals surface area (Å²) in [7, 11) is 0. The van der Waals surface area contributed by atoms with Gasteiger partial charge in [0.05, 0.1) is 27.8 Å². The molecule has 0 N–H and O–H groups in total. The van der Waals surface area contributed by atoms with Crippen LogP contribution in [0.5, 0.6) is 0 Å². The molecule has 3 heteroatoms. The quantitative estimate of drug-likeness (QED) is 0.182. The number of rotatable bonds is 3. The molecule has 228 valence electrons. The number of hydrogen-bond donors (Lipinski definition) is 0. The van der Waals surface area contributed by atoms with Gasteiger partial charge in [0, 0.05) is 47.4 Å².